The molecule has 0 aromatic heterocycles. The van der Waals surface area contributed by atoms with Gasteiger partial charge in [-0.2, -0.15) is 0 Å². The van der Waals surface area contributed by atoms with Crippen molar-refractivity contribution in [2.75, 3.05) is 12.3 Å². The zero-order valence-electron chi connectivity index (χ0n) is 10.9. The number of nitrogen functional groups attached to an aromatic ring is 1. The highest BCUT2D eigenvalue weighted by atomic mass is 35.5. The summed E-state index contributed by atoms with van der Waals surface area (Å²) in [4.78, 5) is 14.5. The van der Waals surface area contributed by atoms with Crippen molar-refractivity contribution in [1.82, 2.24) is 4.90 Å². The van der Waals surface area contributed by atoms with E-state index in [1.165, 1.54) is 12.8 Å². The molecule has 3 nitrogen and oxygen atoms in total. The van der Waals surface area contributed by atoms with E-state index in [9.17, 15) is 4.79 Å². The monoisotopic (exact) mass is 278 g/mol. The maximum Gasteiger partial charge on any atom is 0.254 e. The number of benzene rings is 1. The lowest BCUT2D eigenvalue weighted by molar-refractivity contribution is 0.0706. The number of hydrogen-bond acceptors (Lipinski definition) is 2. The normalized spacial score (nSPS) is 15.4. The van der Waals surface area contributed by atoms with E-state index < -0.39 is 0 Å². The van der Waals surface area contributed by atoms with Crippen molar-refractivity contribution < 1.29 is 4.79 Å². The second-order valence-electron chi connectivity index (χ2n) is 4.96. The topological polar surface area (TPSA) is 46.3 Å². The van der Waals surface area contributed by atoms with Gasteiger partial charge in [-0.15, -0.1) is 6.58 Å². The Morgan fingerprint density at radius 3 is 2.68 bits per heavy atom. The van der Waals surface area contributed by atoms with Gasteiger partial charge < -0.3 is 10.6 Å². The van der Waals surface area contributed by atoms with Crippen LogP contribution in [-0.4, -0.2) is 23.4 Å². The summed E-state index contributed by atoms with van der Waals surface area (Å²) in [5, 5.41) is 0.494. The third-order valence-electron chi connectivity index (χ3n) is 3.52. The van der Waals surface area contributed by atoms with E-state index in [2.05, 4.69) is 6.58 Å². The van der Waals surface area contributed by atoms with E-state index in [4.69, 9.17) is 17.3 Å². The molecule has 102 valence electrons. The second kappa shape index (κ2) is 6.11. The highest BCUT2D eigenvalue weighted by molar-refractivity contribution is 6.31. The van der Waals surface area contributed by atoms with E-state index in [0.29, 0.717) is 28.9 Å². The number of amides is 1. The van der Waals surface area contributed by atoms with Crippen molar-refractivity contribution in [2.45, 2.75) is 31.7 Å². The molecule has 0 aliphatic heterocycles. The summed E-state index contributed by atoms with van der Waals surface area (Å²) in [6, 6.07) is 5.31. The summed E-state index contributed by atoms with van der Waals surface area (Å²) >= 11 is 5.96. The summed E-state index contributed by atoms with van der Waals surface area (Å²) in [6.45, 7) is 4.30. The Labute approximate surface area is 119 Å². The van der Waals surface area contributed by atoms with Crippen molar-refractivity contribution in [1.29, 1.82) is 0 Å². The summed E-state index contributed by atoms with van der Waals surface area (Å²) in [6.07, 6.45) is 6.27. The van der Waals surface area contributed by atoms with E-state index in [0.717, 1.165) is 12.8 Å². The number of hydrogen-bond donors (Lipinski definition) is 1. The van der Waals surface area contributed by atoms with E-state index in [1.807, 2.05) is 4.90 Å². The summed E-state index contributed by atoms with van der Waals surface area (Å²) in [7, 11) is 0. The van der Waals surface area contributed by atoms with Crippen LogP contribution in [0.5, 0.6) is 0 Å². The molecule has 0 atom stereocenters. The largest absolute Gasteiger partial charge is 0.399 e. The molecule has 0 spiro atoms. The van der Waals surface area contributed by atoms with E-state index in [1.54, 1.807) is 24.3 Å². The third-order valence-corrected chi connectivity index (χ3v) is 3.74. The van der Waals surface area contributed by atoms with Crippen LogP contribution in [0.1, 0.15) is 36.0 Å². The van der Waals surface area contributed by atoms with Crippen LogP contribution in [0.3, 0.4) is 0 Å². The summed E-state index contributed by atoms with van der Waals surface area (Å²) < 4.78 is 0. The van der Waals surface area contributed by atoms with Gasteiger partial charge in [0.05, 0.1) is 0 Å². The molecule has 1 aromatic rings. The number of nitrogens with two attached hydrogens (primary N) is 1. The fourth-order valence-corrected chi connectivity index (χ4v) is 2.90. The Kier molecular flexibility index (Phi) is 4.48. The van der Waals surface area contributed by atoms with Gasteiger partial charge in [-0.05, 0) is 31.0 Å². The predicted molar refractivity (Wildman–Crippen MR) is 79.4 cm³/mol. The zero-order valence-corrected chi connectivity index (χ0v) is 11.7. The number of halogens is 1. The van der Waals surface area contributed by atoms with Gasteiger partial charge in [-0.25, -0.2) is 0 Å². The second-order valence-corrected chi connectivity index (χ2v) is 5.39. The molecule has 0 saturated heterocycles. The van der Waals surface area contributed by atoms with Crippen LogP contribution in [0.15, 0.2) is 30.9 Å². The van der Waals surface area contributed by atoms with Gasteiger partial charge in [-0.1, -0.05) is 30.5 Å². The summed E-state index contributed by atoms with van der Waals surface area (Å²) in [5.74, 6) is -0.0130. The molecule has 0 unspecified atom stereocenters. The van der Waals surface area contributed by atoms with Gasteiger partial charge in [0, 0.05) is 28.9 Å². The van der Waals surface area contributed by atoms with Crippen molar-refractivity contribution in [3.8, 4) is 0 Å². The smallest absolute Gasteiger partial charge is 0.254 e. The van der Waals surface area contributed by atoms with Crippen LogP contribution in [0, 0.1) is 0 Å². The Balaban J connectivity index is 2.24. The van der Waals surface area contributed by atoms with Crippen LogP contribution in [0.25, 0.3) is 0 Å². The molecule has 0 heterocycles. The Hall–Kier alpha value is -1.48. The van der Waals surface area contributed by atoms with Gasteiger partial charge in [0.1, 0.15) is 0 Å². The third kappa shape index (κ3) is 3.29. The Bertz CT molecular complexity index is 461. The van der Waals surface area contributed by atoms with Crippen LogP contribution in [-0.2, 0) is 0 Å². The Morgan fingerprint density at radius 1 is 1.42 bits per heavy atom. The van der Waals surface area contributed by atoms with Crippen LogP contribution < -0.4 is 5.73 Å². The molecule has 1 aliphatic carbocycles. The van der Waals surface area contributed by atoms with Crippen LogP contribution in [0.2, 0.25) is 5.02 Å². The minimum absolute atomic E-state index is 0.0130. The molecule has 1 aromatic carbocycles. The van der Waals surface area contributed by atoms with Crippen molar-refractivity contribution in [3.05, 3.63) is 41.4 Å². The fourth-order valence-electron chi connectivity index (χ4n) is 2.65. The standard InChI is InChI=1S/C15H19ClN2O/c1-2-7-18(14-5-3-4-6-14)15(19)11-8-12(16)10-13(17)9-11/h2,8-10,14H,1,3-7,17H2. The van der Waals surface area contributed by atoms with Crippen molar-refractivity contribution in [3.63, 3.8) is 0 Å². The number of nitrogens with zero attached hydrogens (tertiary/aromatic N) is 1. The molecular weight excluding hydrogens is 260 g/mol. The molecule has 1 aliphatic rings. The minimum atomic E-state index is -0.0130. The van der Waals surface area contributed by atoms with Crippen molar-refractivity contribution in [2.24, 2.45) is 0 Å². The first-order valence-corrected chi connectivity index (χ1v) is 6.97. The zero-order chi connectivity index (χ0) is 13.8. The van der Waals surface area contributed by atoms with Crippen molar-refractivity contribution >= 4 is 23.2 Å². The molecule has 1 saturated carbocycles. The van der Waals surface area contributed by atoms with Gasteiger partial charge in [0.2, 0.25) is 0 Å². The first-order valence-electron chi connectivity index (χ1n) is 6.59. The molecule has 0 radical (unpaired) electrons. The lowest BCUT2D eigenvalue weighted by Crippen LogP contribution is -2.38. The number of carbonyl (C=O) groups is 1. The van der Waals surface area contributed by atoms with Gasteiger partial charge in [0.15, 0.2) is 0 Å². The lowest BCUT2D eigenvalue weighted by atomic mass is 10.1. The molecule has 2 rings (SSSR count). The van der Waals surface area contributed by atoms with Gasteiger partial charge >= 0.3 is 0 Å². The van der Waals surface area contributed by atoms with Gasteiger partial charge in [0.25, 0.3) is 5.91 Å². The van der Waals surface area contributed by atoms with Crippen LogP contribution in [0.4, 0.5) is 5.69 Å². The van der Waals surface area contributed by atoms with E-state index >= 15 is 0 Å². The first-order chi connectivity index (χ1) is 9.11. The SMILES string of the molecule is C=CCN(C(=O)c1cc(N)cc(Cl)c1)C1CCCC1. The number of carbonyl (C=O) groups excluding carboxylic acids is 1. The highest BCUT2D eigenvalue weighted by Crippen LogP contribution is 2.26. The maximum atomic E-state index is 12.6. The Morgan fingerprint density at radius 2 is 2.11 bits per heavy atom. The lowest BCUT2D eigenvalue weighted by Gasteiger charge is -2.28. The molecule has 0 bridgehead atoms. The first kappa shape index (κ1) is 13.9. The average molecular weight is 279 g/mol. The molecule has 1 fully saturated rings. The number of rotatable bonds is 4. The minimum Gasteiger partial charge on any atom is -0.399 e. The quantitative estimate of drug-likeness (QED) is 0.677. The molecular formula is C15H19ClN2O. The average Bonchev–Trinajstić information content (AvgIpc) is 2.87. The number of anilines is 1. The molecule has 4 heteroatoms. The van der Waals surface area contributed by atoms with E-state index in [-0.39, 0.29) is 5.91 Å². The fraction of sp³-hybridized carbons (Fsp3) is 0.400. The molecule has 2 N–H and O–H groups in total. The maximum absolute atomic E-state index is 12.6. The van der Waals surface area contributed by atoms with Crippen LogP contribution >= 0.6 is 11.6 Å². The van der Waals surface area contributed by atoms with Gasteiger partial charge in [-0.3, -0.25) is 4.79 Å². The predicted octanol–water partition coefficient (Wildman–Crippen LogP) is 3.49. The summed E-state index contributed by atoms with van der Waals surface area (Å²) in [5.41, 5.74) is 6.82. The molecule has 1 amide bonds. The highest BCUT2D eigenvalue weighted by Gasteiger charge is 2.26. The molecule has 19 heavy (non-hydrogen) atoms.